The van der Waals surface area contributed by atoms with Crippen molar-refractivity contribution in [3.8, 4) is 0 Å². The van der Waals surface area contributed by atoms with Crippen molar-refractivity contribution in [3.05, 3.63) is 83.1 Å². The van der Waals surface area contributed by atoms with Crippen LogP contribution < -0.4 is 5.32 Å². The second-order valence-electron chi connectivity index (χ2n) is 7.15. The summed E-state index contributed by atoms with van der Waals surface area (Å²) in [4.78, 5) is 51.2. The zero-order valence-corrected chi connectivity index (χ0v) is 17.1. The Bertz CT molecular complexity index is 1150. The van der Waals surface area contributed by atoms with E-state index >= 15 is 0 Å². The van der Waals surface area contributed by atoms with Crippen molar-refractivity contribution >= 4 is 29.5 Å². The maximum Gasteiger partial charge on any atom is 0.308 e. The lowest BCUT2D eigenvalue weighted by molar-refractivity contribution is -0.154. The summed E-state index contributed by atoms with van der Waals surface area (Å²) in [6, 6.07) is 16.5. The summed E-state index contributed by atoms with van der Waals surface area (Å²) < 4.78 is 10.4. The Balaban J connectivity index is 1.43. The van der Waals surface area contributed by atoms with Gasteiger partial charge in [0.25, 0.3) is 17.7 Å². The lowest BCUT2D eigenvalue weighted by Crippen LogP contribution is -2.33. The van der Waals surface area contributed by atoms with Gasteiger partial charge in [-0.15, -0.1) is 0 Å². The van der Waals surface area contributed by atoms with E-state index in [1.54, 1.807) is 61.5 Å². The number of amides is 3. The minimum atomic E-state index is -1.25. The van der Waals surface area contributed by atoms with E-state index in [1.807, 2.05) is 0 Å². The van der Waals surface area contributed by atoms with Crippen LogP contribution in [0.5, 0.6) is 0 Å². The largest absolute Gasteiger partial charge is 0.447 e. The quantitative estimate of drug-likeness (QED) is 0.449. The minimum absolute atomic E-state index is 0.156. The molecule has 1 unspecified atom stereocenters. The van der Waals surface area contributed by atoms with Gasteiger partial charge in [-0.3, -0.25) is 24.1 Å². The molecule has 0 bridgehead atoms. The van der Waals surface area contributed by atoms with E-state index in [0.717, 1.165) is 4.90 Å². The third kappa shape index (κ3) is 4.27. The van der Waals surface area contributed by atoms with Crippen LogP contribution in [-0.4, -0.2) is 40.3 Å². The Morgan fingerprint density at radius 1 is 1.03 bits per heavy atom. The number of anilines is 1. The molecule has 4 rings (SSSR count). The highest BCUT2D eigenvalue weighted by molar-refractivity contribution is 6.21. The SMILES string of the molecule is Cc1cc(NC(=O)C(OC(=O)CCN2C(=O)c3ccccc3C2=O)c2ccccc2)no1. The monoisotopic (exact) mass is 433 g/mol. The van der Waals surface area contributed by atoms with Crippen LogP contribution in [0.15, 0.2) is 65.2 Å². The van der Waals surface area contributed by atoms with Crippen LogP contribution in [0.25, 0.3) is 0 Å². The number of ether oxygens (including phenoxy) is 1. The topological polar surface area (TPSA) is 119 Å². The molecule has 32 heavy (non-hydrogen) atoms. The predicted octanol–water partition coefficient (Wildman–Crippen LogP) is 2.89. The zero-order chi connectivity index (χ0) is 22.7. The van der Waals surface area contributed by atoms with Gasteiger partial charge in [0.2, 0.25) is 6.10 Å². The number of esters is 1. The van der Waals surface area contributed by atoms with E-state index in [1.165, 1.54) is 6.07 Å². The van der Waals surface area contributed by atoms with Crippen LogP contribution in [0.3, 0.4) is 0 Å². The maximum atomic E-state index is 12.8. The van der Waals surface area contributed by atoms with E-state index in [4.69, 9.17) is 9.26 Å². The first-order chi connectivity index (χ1) is 15.4. The Morgan fingerprint density at radius 3 is 2.25 bits per heavy atom. The fraction of sp³-hybridized carbons (Fsp3) is 0.174. The number of carbonyl (C=O) groups excluding carboxylic acids is 4. The molecule has 0 spiro atoms. The van der Waals surface area contributed by atoms with Crippen molar-refractivity contribution in [1.82, 2.24) is 10.1 Å². The van der Waals surface area contributed by atoms with E-state index in [2.05, 4.69) is 10.5 Å². The lowest BCUT2D eigenvalue weighted by Gasteiger charge is -2.18. The molecule has 3 aromatic rings. The average molecular weight is 433 g/mol. The lowest BCUT2D eigenvalue weighted by atomic mass is 10.1. The molecule has 1 aromatic heterocycles. The van der Waals surface area contributed by atoms with Gasteiger partial charge in [0, 0.05) is 18.2 Å². The molecule has 0 saturated heterocycles. The van der Waals surface area contributed by atoms with Crippen molar-refractivity contribution in [2.75, 3.05) is 11.9 Å². The minimum Gasteiger partial charge on any atom is -0.447 e. The number of nitrogens with zero attached hydrogens (tertiary/aromatic N) is 2. The van der Waals surface area contributed by atoms with Crippen LogP contribution in [0.1, 0.15) is 44.6 Å². The molecule has 1 aliphatic rings. The summed E-state index contributed by atoms with van der Waals surface area (Å²) in [5.41, 5.74) is 1.06. The summed E-state index contributed by atoms with van der Waals surface area (Å²) in [5.74, 6) is -1.57. The van der Waals surface area contributed by atoms with Crippen LogP contribution in [0.2, 0.25) is 0 Å². The molecule has 162 valence electrons. The maximum absolute atomic E-state index is 12.8. The highest BCUT2D eigenvalue weighted by Gasteiger charge is 2.35. The van der Waals surface area contributed by atoms with E-state index in [9.17, 15) is 19.2 Å². The van der Waals surface area contributed by atoms with E-state index in [0.29, 0.717) is 22.5 Å². The number of carbonyl (C=O) groups is 4. The summed E-state index contributed by atoms with van der Waals surface area (Å²) >= 11 is 0. The number of fused-ring (bicyclic) bond motifs is 1. The molecule has 1 N–H and O–H groups in total. The van der Waals surface area contributed by atoms with E-state index in [-0.39, 0.29) is 18.8 Å². The van der Waals surface area contributed by atoms with Gasteiger partial charge in [0.1, 0.15) is 5.76 Å². The van der Waals surface area contributed by atoms with Crippen molar-refractivity contribution < 1.29 is 28.4 Å². The van der Waals surface area contributed by atoms with Crippen LogP contribution in [0.4, 0.5) is 5.82 Å². The first kappa shape index (κ1) is 21.0. The van der Waals surface area contributed by atoms with Crippen molar-refractivity contribution in [3.63, 3.8) is 0 Å². The van der Waals surface area contributed by atoms with Gasteiger partial charge in [-0.1, -0.05) is 47.6 Å². The van der Waals surface area contributed by atoms with Gasteiger partial charge in [0.05, 0.1) is 17.5 Å². The normalized spacial score (nSPS) is 13.6. The van der Waals surface area contributed by atoms with Gasteiger partial charge in [-0.25, -0.2) is 0 Å². The molecule has 3 amide bonds. The molecular formula is C23H19N3O6. The number of hydrogen-bond acceptors (Lipinski definition) is 7. The molecule has 0 aliphatic carbocycles. The third-order valence-electron chi connectivity index (χ3n) is 4.89. The number of aromatic nitrogens is 1. The molecule has 0 saturated carbocycles. The van der Waals surface area contributed by atoms with Crippen LogP contribution in [-0.2, 0) is 14.3 Å². The fourth-order valence-electron chi connectivity index (χ4n) is 3.35. The van der Waals surface area contributed by atoms with Gasteiger partial charge in [-0.2, -0.15) is 0 Å². The number of benzene rings is 2. The van der Waals surface area contributed by atoms with Gasteiger partial charge < -0.3 is 14.6 Å². The highest BCUT2D eigenvalue weighted by Crippen LogP contribution is 2.24. The summed E-state index contributed by atoms with van der Waals surface area (Å²) in [6.45, 7) is 1.52. The number of aryl methyl sites for hydroxylation is 1. The molecular weight excluding hydrogens is 414 g/mol. The second-order valence-corrected chi connectivity index (χ2v) is 7.15. The standard InChI is InChI=1S/C23H19N3O6/c1-14-13-18(25-32-14)24-21(28)20(15-7-3-2-4-8-15)31-19(27)11-12-26-22(29)16-9-5-6-10-17(16)23(26)30/h2-10,13,20H,11-12H2,1H3,(H,24,25,28). The smallest absolute Gasteiger partial charge is 0.308 e. The number of hydrogen-bond donors (Lipinski definition) is 1. The molecule has 2 heterocycles. The van der Waals surface area contributed by atoms with Crippen LogP contribution in [0, 0.1) is 6.92 Å². The number of rotatable bonds is 7. The Kier molecular flexibility index (Phi) is 5.80. The summed E-state index contributed by atoms with van der Waals surface area (Å²) in [6.07, 6.45) is -1.51. The zero-order valence-electron chi connectivity index (χ0n) is 17.1. The average Bonchev–Trinajstić information content (AvgIpc) is 3.31. The molecule has 1 atom stereocenters. The molecule has 0 radical (unpaired) electrons. The molecule has 1 aliphatic heterocycles. The summed E-state index contributed by atoms with van der Waals surface area (Å²) in [5, 5.41) is 6.26. The molecule has 9 nitrogen and oxygen atoms in total. The Morgan fingerprint density at radius 2 is 1.66 bits per heavy atom. The second kappa shape index (κ2) is 8.84. The first-order valence-electron chi connectivity index (χ1n) is 9.88. The van der Waals surface area contributed by atoms with E-state index < -0.39 is 29.8 Å². The number of imide groups is 1. The van der Waals surface area contributed by atoms with Crippen molar-refractivity contribution in [2.24, 2.45) is 0 Å². The predicted molar refractivity (Wildman–Crippen MR) is 112 cm³/mol. The molecule has 9 heteroatoms. The molecule has 2 aromatic carbocycles. The first-order valence-corrected chi connectivity index (χ1v) is 9.88. The van der Waals surface area contributed by atoms with Gasteiger partial charge in [0.15, 0.2) is 5.82 Å². The Hall–Kier alpha value is -4.27. The Labute approximate surface area is 182 Å². The van der Waals surface area contributed by atoms with Crippen molar-refractivity contribution in [2.45, 2.75) is 19.4 Å². The summed E-state index contributed by atoms with van der Waals surface area (Å²) in [7, 11) is 0. The van der Waals surface area contributed by atoms with Crippen LogP contribution >= 0.6 is 0 Å². The highest BCUT2D eigenvalue weighted by atomic mass is 16.5. The van der Waals surface area contributed by atoms with Crippen molar-refractivity contribution in [1.29, 1.82) is 0 Å². The fourth-order valence-corrected chi connectivity index (χ4v) is 3.35. The third-order valence-corrected chi connectivity index (χ3v) is 4.89. The van der Waals surface area contributed by atoms with Gasteiger partial charge in [-0.05, 0) is 19.1 Å². The van der Waals surface area contributed by atoms with Gasteiger partial charge >= 0.3 is 5.97 Å². The molecule has 0 fully saturated rings. The number of nitrogens with one attached hydrogen (secondary N) is 1.